The lowest BCUT2D eigenvalue weighted by atomic mass is 10.2. The highest BCUT2D eigenvalue weighted by Gasteiger charge is 2.25. The van der Waals surface area contributed by atoms with E-state index in [0.717, 1.165) is 39.0 Å². The Kier molecular flexibility index (Phi) is 7.16. The minimum Gasteiger partial charge on any atom is -0.383 e. The van der Waals surface area contributed by atoms with Crippen LogP contribution in [0.1, 0.15) is 19.8 Å². The van der Waals surface area contributed by atoms with Crippen LogP contribution in [0.25, 0.3) is 0 Å². The van der Waals surface area contributed by atoms with Gasteiger partial charge in [-0.05, 0) is 19.4 Å². The molecule has 1 aliphatic rings. The first-order chi connectivity index (χ1) is 8.29. The van der Waals surface area contributed by atoms with Crippen LogP contribution in [0.4, 0.5) is 0 Å². The van der Waals surface area contributed by atoms with Gasteiger partial charge in [0.15, 0.2) is 0 Å². The van der Waals surface area contributed by atoms with Crippen LogP contribution in [0, 0.1) is 0 Å². The molecule has 1 saturated heterocycles. The Bertz CT molecular complexity index is 218. The fraction of sp³-hybridized carbons (Fsp3) is 0.917. The molecule has 1 heterocycles. The molecule has 1 aliphatic heterocycles. The van der Waals surface area contributed by atoms with Crippen LogP contribution in [0.3, 0.4) is 0 Å². The minimum atomic E-state index is 0.205. The lowest BCUT2D eigenvalue weighted by Gasteiger charge is -2.28. The van der Waals surface area contributed by atoms with E-state index in [1.165, 1.54) is 0 Å². The molecule has 0 spiro atoms. The third kappa shape index (κ3) is 5.02. The summed E-state index contributed by atoms with van der Waals surface area (Å²) in [7, 11) is 1.66. The highest BCUT2D eigenvalue weighted by molar-refractivity contribution is 5.78. The molecule has 0 aliphatic carbocycles. The average molecular weight is 243 g/mol. The van der Waals surface area contributed by atoms with Crippen molar-refractivity contribution in [1.82, 2.24) is 15.5 Å². The van der Waals surface area contributed by atoms with Gasteiger partial charge in [-0.1, -0.05) is 6.92 Å². The van der Waals surface area contributed by atoms with E-state index in [9.17, 15) is 4.79 Å². The number of ether oxygens (including phenoxy) is 1. The van der Waals surface area contributed by atoms with Crippen molar-refractivity contribution >= 4 is 5.91 Å². The number of carbonyl (C=O) groups is 1. The van der Waals surface area contributed by atoms with Gasteiger partial charge in [0, 0.05) is 32.8 Å². The molecule has 1 unspecified atom stereocenters. The third-order valence-corrected chi connectivity index (χ3v) is 3.02. The van der Waals surface area contributed by atoms with E-state index < -0.39 is 0 Å². The molecule has 0 aromatic carbocycles. The molecule has 100 valence electrons. The third-order valence-electron chi connectivity index (χ3n) is 3.02. The summed E-state index contributed by atoms with van der Waals surface area (Å²) in [6.45, 7) is 6.72. The normalized spacial score (nSPS) is 19.5. The van der Waals surface area contributed by atoms with Gasteiger partial charge in [-0.25, -0.2) is 0 Å². The topological polar surface area (TPSA) is 53.6 Å². The van der Waals surface area contributed by atoms with Gasteiger partial charge in [0.25, 0.3) is 0 Å². The van der Waals surface area contributed by atoms with Crippen LogP contribution in [0.15, 0.2) is 0 Å². The summed E-state index contributed by atoms with van der Waals surface area (Å²) in [5, 5.41) is 6.42. The molecule has 5 nitrogen and oxygen atoms in total. The second-order valence-electron chi connectivity index (χ2n) is 4.40. The monoisotopic (exact) mass is 243 g/mol. The molecule has 17 heavy (non-hydrogen) atoms. The van der Waals surface area contributed by atoms with E-state index in [-0.39, 0.29) is 5.91 Å². The number of nitrogens with zero attached hydrogens (tertiary/aromatic N) is 1. The molecule has 0 radical (unpaired) electrons. The molecular weight excluding hydrogens is 218 g/mol. The van der Waals surface area contributed by atoms with Gasteiger partial charge in [-0.3, -0.25) is 4.79 Å². The van der Waals surface area contributed by atoms with Gasteiger partial charge < -0.3 is 20.3 Å². The van der Waals surface area contributed by atoms with Crippen molar-refractivity contribution in [2.75, 3.05) is 46.4 Å². The molecule has 5 heteroatoms. The van der Waals surface area contributed by atoms with E-state index in [2.05, 4.69) is 17.6 Å². The molecular formula is C12H25N3O2. The maximum Gasteiger partial charge on any atom is 0.236 e. The number of nitrogens with one attached hydrogen (secondary N) is 2. The summed E-state index contributed by atoms with van der Waals surface area (Å²) in [6.07, 6.45) is 2.09. The van der Waals surface area contributed by atoms with Gasteiger partial charge in [-0.15, -0.1) is 0 Å². The summed E-state index contributed by atoms with van der Waals surface area (Å²) in [5.41, 5.74) is 0. The Balaban J connectivity index is 2.32. The zero-order valence-electron chi connectivity index (χ0n) is 11.0. The fourth-order valence-electron chi connectivity index (χ4n) is 2.13. The van der Waals surface area contributed by atoms with Gasteiger partial charge in [0.2, 0.25) is 5.91 Å². The van der Waals surface area contributed by atoms with E-state index in [1.54, 1.807) is 7.11 Å². The van der Waals surface area contributed by atoms with Crippen LogP contribution in [0.2, 0.25) is 0 Å². The number of amides is 1. The Hall–Kier alpha value is -0.650. The minimum absolute atomic E-state index is 0.205. The average Bonchev–Trinajstić information content (AvgIpc) is 2.85. The number of hydrogen-bond donors (Lipinski definition) is 2. The second kappa shape index (κ2) is 8.44. The van der Waals surface area contributed by atoms with Gasteiger partial charge in [0.1, 0.15) is 0 Å². The zero-order chi connectivity index (χ0) is 12.5. The second-order valence-corrected chi connectivity index (χ2v) is 4.40. The predicted octanol–water partition coefficient (Wildman–Crippen LogP) is -0.177. The van der Waals surface area contributed by atoms with Crippen LogP contribution < -0.4 is 10.6 Å². The number of carbonyl (C=O) groups excluding carboxylic acids is 1. The SMILES string of the molecule is CCCN(C(=O)CNCCOC)C1CCNC1. The summed E-state index contributed by atoms with van der Waals surface area (Å²) < 4.78 is 4.93. The highest BCUT2D eigenvalue weighted by atomic mass is 16.5. The smallest absolute Gasteiger partial charge is 0.236 e. The van der Waals surface area contributed by atoms with Crippen molar-refractivity contribution in [3.63, 3.8) is 0 Å². The van der Waals surface area contributed by atoms with E-state index >= 15 is 0 Å². The maximum absolute atomic E-state index is 12.1. The summed E-state index contributed by atoms with van der Waals surface area (Å²) in [4.78, 5) is 14.1. The largest absolute Gasteiger partial charge is 0.383 e. The quantitative estimate of drug-likeness (QED) is 0.581. The molecule has 0 aromatic heterocycles. The summed E-state index contributed by atoms with van der Waals surface area (Å²) in [5.74, 6) is 0.205. The van der Waals surface area contributed by atoms with Crippen molar-refractivity contribution in [1.29, 1.82) is 0 Å². The zero-order valence-corrected chi connectivity index (χ0v) is 11.0. The molecule has 0 aromatic rings. The first-order valence-corrected chi connectivity index (χ1v) is 6.49. The first kappa shape index (κ1) is 14.4. The van der Waals surface area contributed by atoms with Crippen LogP contribution in [0.5, 0.6) is 0 Å². The van der Waals surface area contributed by atoms with Crippen molar-refractivity contribution in [2.45, 2.75) is 25.8 Å². The van der Waals surface area contributed by atoms with Crippen molar-refractivity contribution in [2.24, 2.45) is 0 Å². The Morgan fingerprint density at radius 2 is 2.41 bits per heavy atom. The van der Waals surface area contributed by atoms with Crippen LogP contribution in [-0.2, 0) is 9.53 Å². The van der Waals surface area contributed by atoms with Crippen molar-refractivity contribution < 1.29 is 9.53 Å². The maximum atomic E-state index is 12.1. The van der Waals surface area contributed by atoms with Crippen molar-refractivity contribution in [3.05, 3.63) is 0 Å². The first-order valence-electron chi connectivity index (χ1n) is 6.49. The molecule has 2 N–H and O–H groups in total. The molecule has 1 amide bonds. The van der Waals surface area contributed by atoms with Gasteiger partial charge in [0.05, 0.1) is 13.2 Å². The fourth-order valence-corrected chi connectivity index (χ4v) is 2.13. The summed E-state index contributed by atoms with van der Waals surface area (Å²) >= 11 is 0. The molecule has 1 rings (SSSR count). The number of rotatable bonds is 8. The van der Waals surface area contributed by atoms with E-state index in [0.29, 0.717) is 19.2 Å². The lowest BCUT2D eigenvalue weighted by molar-refractivity contribution is -0.132. The van der Waals surface area contributed by atoms with Gasteiger partial charge >= 0.3 is 0 Å². The van der Waals surface area contributed by atoms with Crippen LogP contribution in [-0.4, -0.2) is 63.3 Å². The number of hydrogen-bond acceptors (Lipinski definition) is 4. The predicted molar refractivity (Wildman–Crippen MR) is 68.0 cm³/mol. The number of methoxy groups -OCH3 is 1. The molecule has 0 bridgehead atoms. The molecule has 1 fully saturated rings. The van der Waals surface area contributed by atoms with E-state index in [1.807, 2.05) is 4.90 Å². The van der Waals surface area contributed by atoms with Crippen LogP contribution >= 0.6 is 0 Å². The van der Waals surface area contributed by atoms with Gasteiger partial charge in [-0.2, -0.15) is 0 Å². The standard InChI is InChI=1S/C12H25N3O2/c1-3-7-15(11-4-5-13-9-11)12(16)10-14-6-8-17-2/h11,13-14H,3-10H2,1-2H3. The Morgan fingerprint density at radius 1 is 1.59 bits per heavy atom. The van der Waals surface area contributed by atoms with Crippen molar-refractivity contribution in [3.8, 4) is 0 Å². The molecule has 0 saturated carbocycles. The lowest BCUT2D eigenvalue weighted by Crippen LogP contribution is -2.46. The Labute approximate surface area is 104 Å². The highest BCUT2D eigenvalue weighted by Crippen LogP contribution is 2.09. The Morgan fingerprint density at radius 3 is 3.00 bits per heavy atom. The summed E-state index contributed by atoms with van der Waals surface area (Å²) in [6, 6.07) is 0.381. The van der Waals surface area contributed by atoms with E-state index in [4.69, 9.17) is 4.74 Å². The molecule has 1 atom stereocenters.